The Kier molecular flexibility index (Phi) is 3.37. The van der Waals surface area contributed by atoms with Crippen molar-refractivity contribution in [1.82, 2.24) is 0 Å². The van der Waals surface area contributed by atoms with Crippen LogP contribution in [0.1, 0.15) is 6.42 Å². The Labute approximate surface area is 101 Å². The predicted molar refractivity (Wildman–Crippen MR) is 67.2 cm³/mol. The molecule has 4 N–H and O–H groups in total. The largest absolute Gasteiger partial charge is 0.371 e. The van der Waals surface area contributed by atoms with Crippen LogP contribution in [0, 0.1) is 5.92 Å². The first-order valence-electron chi connectivity index (χ1n) is 5.58. The van der Waals surface area contributed by atoms with E-state index >= 15 is 0 Å². The lowest BCUT2D eigenvalue weighted by atomic mass is 10.1. The Bertz CT molecular complexity index is 484. The van der Waals surface area contributed by atoms with E-state index in [9.17, 15) is 8.42 Å². The molecule has 1 aromatic rings. The normalized spacial score (nSPS) is 20.8. The zero-order chi connectivity index (χ0) is 12.5. The Morgan fingerprint density at radius 1 is 1.29 bits per heavy atom. The number of hydrogen-bond donors (Lipinski definition) is 2. The summed E-state index contributed by atoms with van der Waals surface area (Å²) in [5.41, 5.74) is 6.65. The molecule has 1 aromatic carbocycles. The molecule has 0 aromatic heterocycles. The first-order chi connectivity index (χ1) is 8.00. The lowest BCUT2D eigenvalue weighted by Gasteiger charge is -2.18. The molecule has 1 saturated heterocycles. The zero-order valence-electron chi connectivity index (χ0n) is 9.54. The van der Waals surface area contributed by atoms with Crippen LogP contribution < -0.4 is 15.8 Å². The average Bonchev–Trinajstić information content (AvgIpc) is 2.76. The van der Waals surface area contributed by atoms with Gasteiger partial charge >= 0.3 is 0 Å². The number of nitrogens with zero attached hydrogens (tertiary/aromatic N) is 1. The first-order valence-corrected chi connectivity index (χ1v) is 7.13. The standard InChI is InChI=1S/C11H17N3O2S/c12-7-9-5-6-14(8-9)10-1-3-11(4-2-10)17(13,15)16/h1-4,9H,5-8,12H2,(H2,13,15,16). The van der Waals surface area contributed by atoms with Crippen molar-refractivity contribution in [1.29, 1.82) is 0 Å². The second-order valence-electron chi connectivity index (χ2n) is 4.38. The minimum Gasteiger partial charge on any atom is -0.371 e. The molecule has 17 heavy (non-hydrogen) atoms. The fraction of sp³-hybridized carbons (Fsp3) is 0.455. The molecule has 0 saturated carbocycles. The summed E-state index contributed by atoms with van der Waals surface area (Å²) in [6, 6.07) is 6.66. The van der Waals surface area contributed by atoms with Crippen LogP contribution in [-0.2, 0) is 10.0 Å². The van der Waals surface area contributed by atoms with Gasteiger partial charge in [-0.05, 0) is 43.1 Å². The summed E-state index contributed by atoms with van der Waals surface area (Å²) < 4.78 is 22.2. The Hall–Kier alpha value is -1.11. The maximum atomic E-state index is 11.1. The fourth-order valence-corrected chi connectivity index (χ4v) is 2.62. The molecular weight excluding hydrogens is 238 g/mol. The second-order valence-corrected chi connectivity index (χ2v) is 5.94. The van der Waals surface area contributed by atoms with Crippen LogP contribution in [0.3, 0.4) is 0 Å². The van der Waals surface area contributed by atoms with Crippen molar-refractivity contribution < 1.29 is 8.42 Å². The quantitative estimate of drug-likeness (QED) is 0.802. The molecule has 0 aliphatic carbocycles. The highest BCUT2D eigenvalue weighted by atomic mass is 32.2. The van der Waals surface area contributed by atoms with Crippen LogP contribution in [0.15, 0.2) is 29.2 Å². The topological polar surface area (TPSA) is 89.4 Å². The Morgan fingerprint density at radius 2 is 1.94 bits per heavy atom. The molecule has 94 valence electrons. The third-order valence-corrected chi connectivity index (χ3v) is 4.08. The maximum absolute atomic E-state index is 11.1. The molecule has 2 rings (SSSR count). The van der Waals surface area contributed by atoms with E-state index in [4.69, 9.17) is 10.9 Å². The lowest BCUT2D eigenvalue weighted by Crippen LogP contribution is -2.22. The summed E-state index contributed by atoms with van der Waals surface area (Å²) in [6.07, 6.45) is 1.09. The second kappa shape index (κ2) is 4.64. The molecule has 0 spiro atoms. The van der Waals surface area contributed by atoms with Gasteiger partial charge in [0, 0.05) is 18.8 Å². The van der Waals surface area contributed by atoms with Gasteiger partial charge < -0.3 is 10.6 Å². The molecular formula is C11H17N3O2S. The van der Waals surface area contributed by atoms with E-state index < -0.39 is 10.0 Å². The minimum absolute atomic E-state index is 0.149. The molecule has 1 aliphatic heterocycles. The third kappa shape index (κ3) is 2.77. The van der Waals surface area contributed by atoms with Gasteiger partial charge in [0.1, 0.15) is 0 Å². The minimum atomic E-state index is -3.60. The van der Waals surface area contributed by atoms with Crippen molar-refractivity contribution in [3.05, 3.63) is 24.3 Å². The number of anilines is 1. The van der Waals surface area contributed by atoms with Crippen LogP contribution in [0.4, 0.5) is 5.69 Å². The Morgan fingerprint density at radius 3 is 2.41 bits per heavy atom. The summed E-state index contributed by atoms with van der Waals surface area (Å²) in [4.78, 5) is 2.36. The van der Waals surface area contributed by atoms with Crippen molar-refractivity contribution in [2.24, 2.45) is 16.8 Å². The molecule has 5 nitrogen and oxygen atoms in total. The molecule has 1 aliphatic rings. The van der Waals surface area contributed by atoms with Gasteiger partial charge in [-0.15, -0.1) is 0 Å². The first kappa shape index (κ1) is 12.3. The van der Waals surface area contributed by atoms with Gasteiger partial charge in [-0.25, -0.2) is 13.6 Å². The van der Waals surface area contributed by atoms with Gasteiger partial charge in [0.2, 0.25) is 10.0 Å². The van der Waals surface area contributed by atoms with Gasteiger partial charge in [0.15, 0.2) is 0 Å². The van der Waals surface area contributed by atoms with Crippen molar-refractivity contribution >= 4 is 15.7 Å². The van der Waals surface area contributed by atoms with Crippen LogP contribution in [0.25, 0.3) is 0 Å². The van der Waals surface area contributed by atoms with Gasteiger partial charge in [0.05, 0.1) is 4.90 Å². The van der Waals surface area contributed by atoms with E-state index in [1.807, 2.05) is 0 Å². The number of nitrogens with two attached hydrogens (primary N) is 2. The molecule has 1 fully saturated rings. The summed E-state index contributed by atoms with van der Waals surface area (Å²) in [5.74, 6) is 0.535. The van der Waals surface area contributed by atoms with Crippen LogP contribution in [0.5, 0.6) is 0 Å². The number of hydrogen-bond acceptors (Lipinski definition) is 4. The van der Waals surface area contributed by atoms with Gasteiger partial charge in [-0.2, -0.15) is 0 Å². The summed E-state index contributed by atoms with van der Waals surface area (Å²) in [7, 11) is -3.60. The highest BCUT2D eigenvalue weighted by Gasteiger charge is 2.21. The van der Waals surface area contributed by atoms with Gasteiger partial charge in [0.25, 0.3) is 0 Å². The fourth-order valence-electron chi connectivity index (χ4n) is 2.11. The van der Waals surface area contributed by atoms with Crippen molar-refractivity contribution in [3.63, 3.8) is 0 Å². The number of benzene rings is 1. The van der Waals surface area contributed by atoms with E-state index in [0.717, 1.165) is 25.2 Å². The molecule has 0 bridgehead atoms. The van der Waals surface area contributed by atoms with E-state index in [2.05, 4.69) is 4.90 Å². The van der Waals surface area contributed by atoms with Crippen LogP contribution >= 0.6 is 0 Å². The highest BCUT2D eigenvalue weighted by Crippen LogP contribution is 2.24. The average molecular weight is 255 g/mol. The number of rotatable bonds is 3. The summed E-state index contributed by atoms with van der Waals surface area (Å²) in [5, 5.41) is 5.05. The van der Waals surface area contributed by atoms with E-state index in [1.165, 1.54) is 0 Å². The molecule has 1 atom stereocenters. The van der Waals surface area contributed by atoms with Crippen molar-refractivity contribution in [2.45, 2.75) is 11.3 Å². The maximum Gasteiger partial charge on any atom is 0.238 e. The molecule has 6 heteroatoms. The SMILES string of the molecule is NCC1CCN(c2ccc(S(N)(=O)=O)cc2)C1. The van der Waals surface area contributed by atoms with Crippen LogP contribution in [0.2, 0.25) is 0 Å². The number of sulfonamides is 1. The highest BCUT2D eigenvalue weighted by molar-refractivity contribution is 7.89. The summed E-state index contributed by atoms with van der Waals surface area (Å²) >= 11 is 0. The smallest absolute Gasteiger partial charge is 0.238 e. The summed E-state index contributed by atoms with van der Waals surface area (Å²) in [6.45, 7) is 2.60. The monoisotopic (exact) mass is 255 g/mol. The number of primary sulfonamides is 1. The van der Waals surface area contributed by atoms with Gasteiger partial charge in [-0.3, -0.25) is 0 Å². The van der Waals surface area contributed by atoms with Gasteiger partial charge in [-0.1, -0.05) is 0 Å². The van der Waals surface area contributed by atoms with E-state index in [0.29, 0.717) is 12.5 Å². The van der Waals surface area contributed by atoms with Crippen molar-refractivity contribution in [3.8, 4) is 0 Å². The molecule has 0 amide bonds. The predicted octanol–water partition coefficient (Wildman–Crippen LogP) is 0.119. The van der Waals surface area contributed by atoms with E-state index in [-0.39, 0.29) is 4.90 Å². The Balaban J connectivity index is 2.14. The zero-order valence-corrected chi connectivity index (χ0v) is 10.4. The molecule has 0 radical (unpaired) electrons. The third-order valence-electron chi connectivity index (χ3n) is 3.15. The van der Waals surface area contributed by atoms with E-state index in [1.54, 1.807) is 24.3 Å². The van der Waals surface area contributed by atoms with Crippen LogP contribution in [-0.4, -0.2) is 28.1 Å². The molecule has 1 heterocycles. The van der Waals surface area contributed by atoms with Crippen molar-refractivity contribution in [2.75, 3.05) is 24.5 Å². The molecule has 1 unspecified atom stereocenters. The lowest BCUT2D eigenvalue weighted by molar-refractivity contribution is 0.597.